The molecule has 2 aromatic heterocycles. The van der Waals surface area contributed by atoms with Crippen LogP contribution in [0.3, 0.4) is 0 Å². The minimum atomic E-state index is -0.354. The molecule has 0 radical (unpaired) electrons. The lowest BCUT2D eigenvalue weighted by Gasteiger charge is -2.46. The molecule has 3 atom stereocenters. The lowest BCUT2D eigenvalue weighted by molar-refractivity contribution is 0.0643. The minimum absolute atomic E-state index is 0.00290. The van der Waals surface area contributed by atoms with Crippen LogP contribution in [0.4, 0.5) is 0 Å². The van der Waals surface area contributed by atoms with Gasteiger partial charge in [-0.25, -0.2) is 4.98 Å². The molecule has 8 heteroatoms. The largest absolute Gasteiger partial charge is 0.339 e. The van der Waals surface area contributed by atoms with Gasteiger partial charge in [0.2, 0.25) is 5.56 Å². The van der Waals surface area contributed by atoms with Crippen LogP contribution in [0.5, 0.6) is 0 Å². The number of fused-ring (bicyclic) bond motifs is 3. The fourth-order valence-electron chi connectivity index (χ4n) is 8.26. The molecule has 3 fully saturated rings. The Kier molecular flexibility index (Phi) is 6.98. The van der Waals surface area contributed by atoms with Crippen LogP contribution in [0, 0.1) is 6.92 Å². The van der Waals surface area contributed by atoms with Crippen molar-refractivity contribution >= 4 is 28.5 Å². The Balaban J connectivity index is 1.12. The Labute approximate surface area is 251 Å². The molecule has 2 aromatic carbocycles. The number of aromatic amines is 1. The number of hydrogen-bond donors (Lipinski definition) is 2. The van der Waals surface area contributed by atoms with Gasteiger partial charge in [-0.2, -0.15) is 0 Å². The van der Waals surface area contributed by atoms with Gasteiger partial charge in [0.1, 0.15) is 11.0 Å². The van der Waals surface area contributed by atoms with Gasteiger partial charge in [-0.05, 0) is 87.5 Å². The number of para-hydroxylation sites is 2. The number of rotatable bonds is 6. The average Bonchev–Trinajstić information content (AvgIpc) is 3.50. The maximum atomic E-state index is 13.3. The molecule has 3 aliphatic rings. The van der Waals surface area contributed by atoms with Crippen LogP contribution in [-0.2, 0) is 5.41 Å². The van der Waals surface area contributed by atoms with Crippen molar-refractivity contribution in [1.82, 2.24) is 24.8 Å². The normalized spacial score (nSPS) is 25.1. The van der Waals surface area contributed by atoms with Gasteiger partial charge in [0.25, 0.3) is 5.91 Å². The molecule has 7 nitrogen and oxygen atoms in total. The maximum absolute atomic E-state index is 13.3. The van der Waals surface area contributed by atoms with Gasteiger partial charge < -0.3 is 19.8 Å². The lowest BCUT2D eigenvalue weighted by Crippen LogP contribution is -2.51. The number of amides is 1. The number of carbonyl (C=O) groups excluding carboxylic acids is 1. The standard InChI is InChI=1S/C34H38ClN5O2/c1-23-36-28-9-5-6-10-29(28)40(23)27-21-26-11-12-34(22-27,38-26)14-13-33(25-7-3-2-4-8-25)15-17-39(18-16-33)32(42)24-19-30(35)37-31(41)20-24/h2-10,19-20,26-27,38H,11-18,21-22H2,1H3,(H,37,41). The highest BCUT2D eigenvalue weighted by Crippen LogP contribution is 2.48. The Bertz CT molecular complexity index is 1670. The Morgan fingerprint density at radius 3 is 2.57 bits per heavy atom. The van der Waals surface area contributed by atoms with Crippen molar-refractivity contribution in [3.63, 3.8) is 0 Å². The third kappa shape index (κ3) is 4.96. The van der Waals surface area contributed by atoms with Crippen molar-refractivity contribution in [2.45, 2.75) is 81.3 Å². The molecule has 3 saturated heterocycles. The van der Waals surface area contributed by atoms with E-state index in [4.69, 9.17) is 16.6 Å². The first-order valence-electron chi connectivity index (χ1n) is 15.3. The number of aromatic nitrogens is 3. The summed E-state index contributed by atoms with van der Waals surface area (Å²) in [5.74, 6) is 0.985. The quantitative estimate of drug-likeness (QED) is 0.266. The molecule has 0 saturated carbocycles. The second-order valence-corrected chi connectivity index (χ2v) is 13.2. The number of likely N-dealkylation sites (tertiary alicyclic amines) is 1. The average molecular weight is 584 g/mol. The van der Waals surface area contributed by atoms with Crippen LogP contribution < -0.4 is 10.9 Å². The zero-order valence-electron chi connectivity index (χ0n) is 24.1. The Morgan fingerprint density at radius 2 is 1.79 bits per heavy atom. The highest BCUT2D eigenvalue weighted by Gasteiger charge is 2.48. The first kappa shape index (κ1) is 27.4. The van der Waals surface area contributed by atoms with Crippen LogP contribution in [0.2, 0.25) is 5.15 Å². The summed E-state index contributed by atoms with van der Waals surface area (Å²) >= 11 is 6.05. The van der Waals surface area contributed by atoms with Crippen LogP contribution in [0.25, 0.3) is 11.0 Å². The molecule has 1 amide bonds. The van der Waals surface area contributed by atoms with E-state index in [9.17, 15) is 9.59 Å². The van der Waals surface area contributed by atoms with Gasteiger partial charge in [0.15, 0.2) is 0 Å². The smallest absolute Gasteiger partial charge is 0.254 e. The Hall–Kier alpha value is -3.42. The first-order chi connectivity index (χ1) is 20.3. The van der Waals surface area contributed by atoms with Crippen LogP contribution in [0.1, 0.15) is 79.2 Å². The minimum Gasteiger partial charge on any atom is -0.339 e. The summed E-state index contributed by atoms with van der Waals surface area (Å²) in [4.78, 5) is 34.6. The molecular weight excluding hydrogens is 546 g/mol. The molecular formula is C34H38ClN5O2. The zero-order valence-corrected chi connectivity index (χ0v) is 24.9. The molecule has 0 aliphatic carbocycles. The SMILES string of the molecule is Cc1nc2ccccc2n1C1CC2CCC(CCC3(c4ccccc4)CCN(C(=O)c4cc(Cl)[nH]c(=O)c4)CC3)(C1)N2. The van der Waals surface area contributed by atoms with Crippen LogP contribution in [-0.4, -0.2) is 50.0 Å². The van der Waals surface area contributed by atoms with Crippen molar-refractivity contribution < 1.29 is 4.79 Å². The van der Waals surface area contributed by atoms with E-state index in [0.717, 1.165) is 49.9 Å². The van der Waals surface area contributed by atoms with Crippen LogP contribution in [0.15, 0.2) is 71.5 Å². The van der Waals surface area contributed by atoms with Crippen molar-refractivity contribution in [3.8, 4) is 0 Å². The van der Waals surface area contributed by atoms with E-state index < -0.39 is 0 Å². The van der Waals surface area contributed by atoms with E-state index in [-0.39, 0.29) is 27.6 Å². The molecule has 2 N–H and O–H groups in total. The van der Waals surface area contributed by atoms with E-state index in [1.54, 1.807) is 6.07 Å². The molecule has 5 heterocycles. The molecule has 0 spiro atoms. The van der Waals surface area contributed by atoms with Gasteiger partial charge in [-0.1, -0.05) is 54.1 Å². The molecule has 4 aromatic rings. The van der Waals surface area contributed by atoms with Gasteiger partial charge in [-0.15, -0.1) is 0 Å². The van der Waals surface area contributed by atoms with Gasteiger partial charge in [-0.3, -0.25) is 9.59 Å². The molecule has 218 valence electrons. The van der Waals surface area contributed by atoms with E-state index in [1.165, 1.54) is 30.0 Å². The third-order valence-corrected chi connectivity index (χ3v) is 10.5. The van der Waals surface area contributed by atoms with Crippen LogP contribution >= 0.6 is 11.6 Å². The highest BCUT2D eigenvalue weighted by molar-refractivity contribution is 6.29. The summed E-state index contributed by atoms with van der Waals surface area (Å²) < 4.78 is 2.50. The fourth-order valence-corrected chi connectivity index (χ4v) is 8.47. The summed E-state index contributed by atoms with van der Waals surface area (Å²) in [5.41, 5.74) is 3.81. The lowest BCUT2D eigenvalue weighted by atomic mass is 9.67. The van der Waals surface area contributed by atoms with E-state index in [1.807, 2.05) is 4.90 Å². The van der Waals surface area contributed by atoms with E-state index in [2.05, 4.69) is 76.4 Å². The number of carbonyl (C=O) groups is 1. The number of imidazole rings is 1. The van der Waals surface area contributed by atoms with Crippen molar-refractivity contribution in [1.29, 1.82) is 0 Å². The number of hydrogen-bond acceptors (Lipinski definition) is 4. The van der Waals surface area contributed by atoms with Crippen molar-refractivity contribution in [3.05, 3.63) is 99.2 Å². The zero-order chi connectivity index (χ0) is 28.9. The number of aryl methyl sites for hydroxylation is 1. The molecule has 7 rings (SSSR count). The summed E-state index contributed by atoms with van der Waals surface area (Å²) in [6.07, 6.45) is 8.67. The topological polar surface area (TPSA) is 83.0 Å². The molecule has 3 aliphatic heterocycles. The number of halogens is 1. The van der Waals surface area contributed by atoms with E-state index >= 15 is 0 Å². The van der Waals surface area contributed by atoms with Crippen molar-refractivity contribution in [2.75, 3.05) is 13.1 Å². The monoisotopic (exact) mass is 583 g/mol. The Morgan fingerprint density at radius 1 is 1.02 bits per heavy atom. The number of H-pyrrole nitrogens is 1. The highest BCUT2D eigenvalue weighted by atomic mass is 35.5. The first-order valence-corrected chi connectivity index (χ1v) is 15.7. The molecule has 2 bridgehead atoms. The second-order valence-electron chi connectivity index (χ2n) is 12.8. The van der Waals surface area contributed by atoms with Gasteiger partial charge in [0, 0.05) is 42.3 Å². The molecule has 3 unspecified atom stereocenters. The summed E-state index contributed by atoms with van der Waals surface area (Å²) in [6.45, 7) is 3.46. The predicted octanol–water partition coefficient (Wildman–Crippen LogP) is 6.17. The molecule has 42 heavy (non-hydrogen) atoms. The van der Waals surface area contributed by atoms with Gasteiger partial charge in [0.05, 0.1) is 11.0 Å². The van der Waals surface area contributed by atoms with Gasteiger partial charge >= 0.3 is 0 Å². The summed E-state index contributed by atoms with van der Waals surface area (Å²) in [7, 11) is 0. The number of nitrogens with zero attached hydrogens (tertiary/aromatic N) is 3. The number of benzene rings is 2. The number of piperidine rings is 2. The van der Waals surface area contributed by atoms with Crippen molar-refractivity contribution in [2.24, 2.45) is 0 Å². The number of nitrogens with one attached hydrogen (secondary N) is 2. The van der Waals surface area contributed by atoms with E-state index in [0.29, 0.717) is 30.7 Å². The third-order valence-electron chi connectivity index (χ3n) is 10.3. The predicted molar refractivity (Wildman–Crippen MR) is 166 cm³/mol. The maximum Gasteiger partial charge on any atom is 0.254 e. The summed E-state index contributed by atoms with van der Waals surface area (Å²) in [6, 6.07) is 23.3. The second kappa shape index (κ2) is 10.7. The summed E-state index contributed by atoms with van der Waals surface area (Å²) in [5, 5.41) is 4.28. The number of pyridine rings is 1. The fraction of sp³-hybridized carbons (Fsp3) is 0.441.